The van der Waals surface area contributed by atoms with E-state index in [0.29, 0.717) is 5.11 Å². The van der Waals surface area contributed by atoms with Crippen LogP contribution in [0.3, 0.4) is 0 Å². The van der Waals surface area contributed by atoms with E-state index in [1.165, 1.54) is 41.3 Å². The Labute approximate surface area is 186 Å². The van der Waals surface area contributed by atoms with Crippen LogP contribution in [0.25, 0.3) is 0 Å². The van der Waals surface area contributed by atoms with Crippen LogP contribution >= 0.6 is 19.5 Å². The molecule has 0 aromatic heterocycles. The van der Waals surface area contributed by atoms with E-state index in [1.807, 2.05) is 0 Å². The number of hydrazine groups is 1. The summed E-state index contributed by atoms with van der Waals surface area (Å²) < 4.78 is 0. The van der Waals surface area contributed by atoms with Gasteiger partial charge in [0.05, 0.1) is 6.16 Å². The quantitative estimate of drug-likeness (QED) is 0.148. The summed E-state index contributed by atoms with van der Waals surface area (Å²) in [4.78, 5) is 0. The lowest BCUT2D eigenvalue weighted by molar-refractivity contribution is 0.653. The summed E-state index contributed by atoms with van der Waals surface area (Å²) in [6, 6.07) is 33.3. The van der Waals surface area contributed by atoms with Gasteiger partial charge in [0, 0.05) is 6.54 Å². The highest BCUT2D eigenvalue weighted by Gasteiger charge is 2.44. The van der Waals surface area contributed by atoms with Gasteiger partial charge in [-0.05, 0) is 67.9 Å². The predicted octanol–water partition coefficient (Wildman–Crippen LogP) is 3.88. The van der Waals surface area contributed by atoms with Gasteiger partial charge < -0.3 is 10.7 Å². The molecule has 0 aliphatic heterocycles. The molecule has 3 rings (SSSR count). The Balaban J connectivity index is 1.80. The molecular weight excluding hydrogens is 405 g/mol. The lowest BCUT2D eigenvalue weighted by Crippen LogP contribution is -2.39. The second kappa shape index (κ2) is 11.8. The molecular formula is C25H31N3PS+. The molecule has 0 unspecified atom stereocenters. The van der Waals surface area contributed by atoms with Gasteiger partial charge >= 0.3 is 0 Å². The molecule has 0 fully saturated rings. The van der Waals surface area contributed by atoms with Crippen LogP contribution in [0.5, 0.6) is 0 Å². The van der Waals surface area contributed by atoms with E-state index in [4.69, 9.17) is 18.1 Å². The van der Waals surface area contributed by atoms with Crippen LogP contribution in [0.1, 0.15) is 25.7 Å². The predicted molar refractivity (Wildman–Crippen MR) is 136 cm³/mol. The molecule has 3 aromatic carbocycles. The molecule has 0 heterocycles. The number of hydrogen-bond donors (Lipinski definition) is 3. The average Bonchev–Trinajstić information content (AvgIpc) is 2.82. The normalized spacial score (nSPS) is 11.1. The number of unbranched alkanes of at least 4 members (excludes halogenated alkanes) is 3. The fourth-order valence-electron chi connectivity index (χ4n) is 3.96. The van der Waals surface area contributed by atoms with Crippen molar-refractivity contribution in [3.63, 3.8) is 0 Å². The monoisotopic (exact) mass is 436 g/mol. The molecule has 0 aliphatic carbocycles. The van der Waals surface area contributed by atoms with Gasteiger partial charge in [0.2, 0.25) is 0 Å². The van der Waals surface area contributed by atoms with E-state index < -0.39 is 7.26 Å². The Kier molecular flexibility index (Phi) is 8.82. The van der Waals surface area contributed by atoms with Gasteiger partial charge in [0.1, 0.15) is 23.2 Å². The zero-order chi connectivity index (χ0) is 21.1. The molecule has 3 aromatic rings. The van der Waals surface area contributed by atoms with Gasteiger partial charge in [-0.1, -0.05) is 61.0 Å². The summed E-state index contributed by atoms with van der Waals surface area (Å²) >= 11 is 5.02. The minimum absolute atomic E-state index is 0.511. The second-order valence-electron chi connectivity index (χ2n) is 7.35. The average molecular weight is 437 g/mol. The summed E-state index contributed by atoms with van der Waals surface area (Å²) in [7, 11) is -1.69. The van der Waals surface area contributed by atoms with E-state index in [1.54, 1.807) is 0 Å². The van der Waals surface area contributed by atoms with Crippen molar-refractivity contribution in [3.05, 3.63) is 91.0 Å². The molecule has 0 radical (unpaired) electrons. The summed E-state index contributed by atoms with van der Waals surface area (Å²) in [5.74, 6) is 5.30. The van der Waals surface area contributed by atoms with Crippen LogP contribution in [0.15, 0.2) is 91.0 Å². The Bertz CT molecular complexity index is 791. The lowest BCUT2D eigenvalue weighted by atomic mass is 10.2. The first kappa shape index (κ1) is 22.4. The summed E-state index contributed by atoms with van der Waals surface area (Å²) in [5, 5.41) is 8.02. The van der Waals surface area contributed by atoms with Crippen molar-refractivity contribution in [2.75, 3.05) is 12.7 Å². The molecule has 0 saturated carbocycles. The number of hydrogen-bond acceptors (Lipinski definition) is 2. The molecule has 0 aliphatic rings. The highest BCUT2D eigenvalue weighted by Crippen LogP contribution is 2.55. The topological polar surface area (TPSA) is 50.1 Å². The van der Waals surface area contributed by atoms with E-state index >= 15 is 0 Å². The Morgan fingerprint density at radius 3 is 1.53 bits per heavy atom. The van der Waals surface area contributed by atoms with Crippen LogP contribution < -0.4 is 32.5 Å². The van der Waals surface area contributed by atoms with E-state index in [-0.39, 0.29) is 0 Å². The van der Waals surface area contributed by atoms with Crippen molar-refractivity contribution in [1.29, 1.82) is 0 Å². The van der Waals surface area contributed by atoms with Gasteiger partial charge in [-0.25, -0.2) is 5.84 Å². The van der Waals surface area contributed by atoms with Gasteiger partial charge in [0.25, 0.3) is 0 Å². The first-order valence-corrected chi connectivity index (χ1v) is 12.9. The van der Waals surface area contributed by atoms with Crippen molar-refractivity contribution in [1.82, 2.24) is 10.7 Å². The largest absolute Gasteiger partial charge is 0.362 e. The Morgan fingerprint density at radius 1 is 0.667 bits per heavy atom. The van der Waals surface area contributed by atoms with Crippen molar-refractivity contribution in [2.24, 2.45) is 5.84 Å². The summed E-state index contributed by atoms with van der Waals surface area (Å²) in [6.07, 6.45) is 5.86. The third kappa shape index (κ3) is 5.66. The SMILES string of the molecule is NNC(=S)NCCCCCC[P+](c1ccccc1)(c1ccccc1)c1ccccc1. The lowest BCUT2D eigenvalue weighted by Gasteiger charge is -2.27. The van der Waals surface area contributed by atoms with Crippen molar-refractivity contribution < 1.29 is 0 Å². The zero-order valence-corrected chi connectivity index (χ0v) is 19.0. The maximum atomic E-state index is 5.30. The first-order valence-electron chi connectivity index (χ1n) is 10.6. The van der Waals surface area contributed by atoms with Crippen LogP contribution in [-0.4, -0.2) is 17.8 Å². The molecule has 3 nitrogen and oxygen atoms in total. The van der Waals surface area contributed by atoms with Crippen LogP contribution in [0, 0.1) is 0 Å². The molecule has 0 saturated heterocycles. The van der Waals surface area contributed by atoms with Crippen LogP contribution in [0.2, 0.25) is 0 Å². The molecule has 0 atom stereocenters. The van der Waals surface area contributed by atoms with Gasteiger partial charge in [-0.15, -0.1) is 0 Å². The number of nitrogens with one attached hydrogen (secondary N) is 2. The molecule has 0 amide bonds. The fraction of sp³-hybridized carbons (Fsp3) is 0.240. The maximum Gasteiger partial charge on any atom is 0.180 e. The third-order valence-corrected chi connectivity index (χ3v) is 10.2. The first-order chi connectivity index (χ1) is 14.8. The molecule has 4 N–H and O–H groups in total. The number of thiocarbonyl (C=S) groups is 1. The highest BCUT2D eigenvalue weighted by atomic mass is 32.1. The maximum absolute atomic E-state index is 5.30. The molecule has 5 heteroatoms. The molecule has 0 spiro atoms. The summed E-state index contributed by atoms with van der Waals surface area (Å²) in [6.45, 7) is 0.860. The number of nitrogens with two attached hydrogens (primary N) is 1. The summed E-state index contributed by atoms with van der Waals surface area (Å²) in [5.41, 5.74) is 2.47. The van der Waals surface area contributed by atoms with Crippen molar-refractivity contribution >= 4 is 40.5 Å². The van der Waals surface area contributed by atoms with Gasteiger partial charge in [-0.2, -0.15) is 0 Å². The highest BCUT2D eigenvalue weighted by molar-refractivity contribution is 7.95. The Hall–Kier alpha value is -2.26. The van der Waals surface area contributed by atoms with Crippen molar-refractivity contribution in [3.8, 4) is 0 Å². The number of rotatable bonds is 10. The molecule has 156 valence electrons. The third-order valence-electron chi connectivity index (χ3n) is 5.43. The second-order valence-corrected chi connectivity index (χ2v) is 11.4. The van der Waals surface area contributed by atoms with E-state index in [9.17, 15) is 0 Å². The van der Waals surface area contributed by atoms with E-state index in [2.05, 4.69) is 102 Å². The van der Waals surface area contributed by atoms with Crippen molar-refractivity contribution in [2.45, 2.75) is 25.7 Å². The smallest absolute Gasteiger partial charge is 0.180 e. The van der Waals surface area contributed by atoms with Gasteiger partial charge in [0.15, 0.2) is 5.11 Å². The minimum Gasteiger partial charge on any atom is -0.362 e. The molecule has 0 bridgehead atoms. The fourth-order valence-corrected chi connectivity index (χ4v) is 8.47. The van der Waals surface area contributed by atoms with Gasteiger partial charge in [-0.3, -0.25) is 0 Å². The Morgan fingerprint density at radius 2 is 1.10 bits per heavy atom. The zero-order valence-electron chi connectivity index (χ0n) is 17.3. The van der Waals surface area contributed by atoms with E-state index in [0.717, 1.165) is 13.0 Å². The molecule has 30 heavy (non-hydrogen) atoms. The minimum atomic E-state index is -1.69. The van der Waals surface area contributed by atoms with Crippen LogP contribution in [0.4, 0.5) is 0 Å². The van der Waals surface area contributed by atoms with Crippen LogP contribution in [-0.2, 0) is 0 Å². The standard InChI is InChI=1S/C25H30N3PS/c26-28-25(30)27-20-12-1-2-13-21-29(22-14-6-3-7-15-22,23-16-8-4-9-17-23)24-18-10-5-11-19-24/h3-11,14-19H,1-2,12-13,20-21,26H2,(H-,27,28,30)/p+1. The number of benzene rings is 3.